The number of ether oxygens (including phenoxy) is 1. The molecule has 5 atom stereocenters. The van der Waals surface area contributed by atoms with Gasteiger partial charge < -0.3 is 36.1 Å². The molecule has 1 aliphatic heterocycles. The van der Waals surface area contributed by atoms with Crippen LogP contribution in [0.3, 0.4) is 0 Å². The molecular formula is C29H51N5O6. The Morgan fingerprint density at radius 2 is 1.60 bits per heavy atom. The van der Waals surface area contributed by atoms with Crippen molar-refractivity contribution in [3.8, 4) is 0 Å². The fraction of sp³-hybridized carbons (Fsp3) is 0.828. The van der Waals surface area contributed by atoms with Crippen molar-refractivity contribution in [3.63, 3.8) is 0 Å². The van der Waals surface area contributed by atoms with Crippen molar-refractivity contribution < 1.29 is 28.7 Å². The first-order valence-electron chi connectivity index (χ1n) is 14.7. The van der Waals surface area contributed by atoms with Gasteiger partial charge in [-0.3, -0.25) is 14.4 Å². The predicted molar refractivity (Wildman–Crippen MR) is 152 cm³/mol. The highest BCUT2D eigenvalue weighted by Crippen LogP contribution is 2.28. The summed E-state index contributed by atoms with van der Waals surface area (Å²) in [7, 11) is 0. The van der Waals surface area contributed by atoms with Gasteiger partial charge in [-0.15, -0.1) is 0 Å². The number of hydrogen-bond donors (Lipinski definition) is 5. The molecule has 0 unspecified atom stereocenters. The molecule has 0 bridgehead atoms. The molecular weight excluding hydrogens is 514 g/mol. The smallest absolute Gasteiger partial charge is 0.315 e. The molecule has 11 heteroatoms. The maximum atomic E-state index is 13.7. The molecule has 1 aliphatic carbocycles. The van der Waals surface area contributed by atoms with Crippen molar-refractivity contribution in [2.45, 2.75) is 135 Å². The van der Waals surface area contributed by atoms with Crippen LogP contribution in [0.1, 0.15) is 99.8 Å². The van der Waals surface area contributed by atoms with E-state index in [2.05, 4.69) is 26.6 Å². The molecule has 0 aromatic carbocycles. The van der Waals surface area contributed by atoms with Gasteiger partial charge in [0.05, 0.1) is 17.7 Å². The second-order valence-corrected chi connectivity index (χ2v) is 13.3. The molecule has 2 aliphatic rings. The van der Waals surface area contributed by atoms with Gasteiger partial charge in [0.1, 0.15) is 18.4 Å². The minimum absolute atomic E-state index is 0.122. The molecule has 2 fully saturated rings. The summed E-state index contributed by atoms with van der Waals surface area (Å²) in [6.07, 6.45) is 6.36. The van der Waals surface area contributed by atoms with Gasteiger partial charge in [0, 0.05) is 18.0 Å². The summed E-state index contributed by atoms with van der Waals surface area (Å²) in [6.45, 7) is 13.3. The average molecular weight is 566 g/mol. The summed E-state index contributed by atoms with van der Waals surface area (Å²) >= 11 is 0. The highest BCUT2D eigenvalue weighted by Gasteiger charge is 2.36. The van der Waals surface area contributed by atoms with Crippen LogP contribution in [0.4, 0.5) is 4.79 Å². The topological polar surface area (TPSA) is 155 Å². The molecule has 11 nitrogen and oxygen atoms in total. The number of carbonyl (C=O) groups is 5. The number of nitrogens with one attached hydrogen (secondary N) is 5. The molecule has 0 spiro atoms. The van der Waals surface area contributed by atoms with Gasteiger partial charge in [0.2, 0.25) is 17.7 Å². The monoisotopic (exact) mass is 565 g/mol. The van der Waals surface area contributed by atoms with E-state index in [0.29, 0.717) is 25.7 Å². The molecule has 228 valence electrons. The van der Waals surface area contributed by atoms with E-state index in [1.807, 2.05) is 41.5 Å². The first-order valence-corrected chi connectivity index (χ1v) is 14.7. The van der Waals surface area contributed by atoms with Crippen LogP contribution >= 0.6 is 0 Å². The van der Waals surface area contributed by atoms with E-state index in [9.17, 15) is 24.0 Å². The second-order valence-electron chi connectivity index (χ2n) is 13.3. The second kappa shape index (κ2) is 14.8. The molecule has 0 aromatic rings. The third-order valence-electron chi connectivity index (χ3n) is 7.19. The van der Waals surface area contributed by atoms with Crippen LogP contribution in [-0.4, -0.2) is 72.0 Å². The number of hydrogen-bond acceptors (Lipinski definition) is 6. The number of rotatable bonds is 12. The van der Waals surface area contributed by atoms with Gasteiger partial charge in [0.25, 0.3) is 0 Å². The van der Waals surface area contributed by atoms with Gasteiger partial charge in [-0.2, -0.15) is 0 Å². The largest absolute Gasteiger partial charge is 0.370 e. The highest BCUT2D eigenvalue weighted by molar-refractivity contribution is 5.93. The zero-order valence-electron chi connectivity index (χ0n) is 25.4. The highest BCUT2D eigenvalue weighted by atomic mass is 16.5. The number of aldehydes is 1. The minimum atomic E-state index is -1.08. The van der Waals surface area contributed by atoms with Gasteiger partial charge >= 0.3 is 6.03 Å². The lowest BCUT2D eigenvalue weighted by Crippen LogP contribution is -2.61. The first-order chi connectivity index (χ1) is 18.6. The molecule has 1 heterocycles. The lowest BCUT2D eigenvalue weighted by Gasteiger charge is -2.33. The van der Waals surface area contributed by atoms with Gasteiger partial charge in [-0.25, -0.2) is 4.79 Å². The van der Waals surface area contributed by atoms with Crippen LogP contribution in [-0.2, 0) is 23.9 Å². The predicted octanol–water partition coefficient (Wildman–Crippen LogP) is 2.32. The Bertz CT molecular complexity index is 890. The van der Waals surface area contributed by atoms with Crippen LogP contribution in [0, 0.1) is 11.8 Å². The summed E-state index contributed by atoms with van der Waals surface area (Å²) in [5, 5.41) is 13.9. The van der Waals surface area contributed by atoms with Crippen LogP contribution in [0.25, 0.3) is 0 Å². The van der Waals surface area contributed by atoms with Crippen molar-refractivity contribution in [2.75, 3.05) is 6.54 Å². The van der Waals surface area contributed by atoms with E-state index in [1.165, 1.54) is 0 Å². The molecule has 1 saturated heterocycles. The van der Waals surface area contributed by atoms with E-state index in [0.717, 1.165) is 32.1 Å². The molecule has 2 rings (SSSR count). The van der Waals surface area contributed by atoms with Crippen LogP contribution in [0.5, 0.6) is 0 Å². The quantitative estimate of drug-likeness (QED) is 0.229. The van der Waals surface area contributed by atoms with Crippen LogP contribution in [0.15, 0.2) is 0 Å². The third-order valence-corrected chi connectivity index (χ3v) is 7.19. The van der Waals surface area contributed by atoms with Crippen LogP contribution < -0.4 is 26.6 Å². The Balaban J connectivity index is 2.22. The van der Waals surface area contributed by atoms with E-state index in [4.69, 9.17) is 4.74 Å². The molecule has 0 aromatic heterocycles. The van der Waals surface area contributed by atoms with Crippen molar-refractivity contribution in [2.24, 2.45) is 11.8 Å². The van der Waals surface area contributed by atoms with Crippen molar-refractivity contribution in [1.29, 1.82) is 0 Å². The Morgan fingerprint density at radius 3 is 2.12 bits per heavy atom. The number of carbonyl (C=O) groups excluding carboxylic acids is 5. The van der Waals surface area contributed by atoms with E-state index in [-0.39, 0.29) is 24.2 Å². The normalized spacial score (nSPS) is 21.4. The Kier molecular flexibility index (Phi) is 12.4. The third kappa shape index (κ3) is 11.8. The van der Waals surface area contributed by atoms with Gasteiger partial charge in [-0.1, -0.05) is 32.1 Å². The lowest BCUT2D eigenvalue weighted by atomic mass is 9.84. The van der Waals surface area contributed by atoms with Gasteiger partial charge in [-0.05, 0) is 73.6 Å². The summed E-state index contributed by atoms with van der Waals surface area (Å²) in [6, 6.07) is -3.36. The number of amides is 5. The van der Waals surface area contributed by atoms with Gasteiger partial charge in [0.15, 0.2) is 0 Å². The summed E-state index contributed by atoms with van der Waals surface area (Å²) in [4.78, 5) is 63.8. The maximum Gasteiger partial charge on any atom is 0.315 e. The minimum Gasteiger partial charge on any atom is -0.370 e. The molecule has 1 saturated carbocycles. The number of urea groups is 1. The van der Waals surface area contributed by atoms with Crippen molar-refractivity contribution >= 4 is 30.0 Å². The zero-order chi connectivity index (χ0) is 30.1. The SMILES string of the molecule is C[C@@H](OC(C)(C)C)[C@H](NC(=O)NC(C)(C)C)C(=O)N[C@@H](CC1CCCCC1)C(=O)N[C@H](C=O)C[C@@H]1CCNC1=O. The summed E-state index contributed by atoms with van der Waals surface area (Å²) in [5.74, 6) is -1.24. The Morgan fingerprint density at radius 1 is 0.950 bits per heavy atom. The maximum absolute atomic E-state index is 13.7. The lowest BCUT2D eigenvalue weighted by molar-refractivity contribution is -0.135. The average Bonchev–Trinajstić information content (AvgIpc) is 3.24. The molecule has 5 amide bonds. The van der Waals surface area contributed by atoms with Crippen molar-refractivity contribution in [1.82, 2.24) is 26.6 Å². The van der Waals surface area contributed by atoms with Crippen LogP contribution in [0.2, 0.25) is 0 Å². The van der Waals surface area contributed by atoms with E-state index < -0.39 is 53.2 Å². The summed E-state index contributed by atoms with van der Waals surface area (Å²) < 4.78 is 6.02. The van der Waals surface area contributed by atoms with E-state index >= 15 is 0 Å². The molecule has 40 heavy (non-hydrogen) atoms. The van der Waals surface area contributed by atoms with Crippen molar-refractivity contribution in [3.05, 3.63) is 0 Å². The standard InChI is InChI=1S/C29H51N5O6/c1-18(40-29(5,6)7)23(33-27(39)34-28(2,3)4)26(38)32-22(15-19-11-9-8-10-12-19)25(37)31-21(17-35)16-20-13-14-30-24(20)36/h17-23H,8-16H2,1-7H3,(H,30,36)(H,31,37)(H,32,38)(H2,33,34,39)/t18-,20+,21+,22+,23+/m1/s1. The summed E-state index contributed by atoms with van der Waals surface area (Å²) in [5.41, 5.74) is -1.11. The Hall–Kier alpha value is -2.69. The molecule has 0 radical (unpaired) electrons. The zero-order valence-corrected chi connectivity index (χ0v) is 25.4. The molecule has 5 N–H and O–H groups in total. The van der Waals surface area contributed by atoms with E-state index in [1.54, 1.807) is 6.92 Å². The fourth-order valence-electron chi connectivity index (χ4n) is 5.40. The first kappa shape index (κ1) is 33.5. The Labute approximate surface area is 239 Å². The fourth-order valence-corrected chi connectivity index (χ4v) is 5.40.